The highest BCUT2D eigenvalue weighted by Crippen LogP contribution is 2.08. The Bertz CT molecular complexity index is 990. The van der Waals surface area contributed by atoms with Crippen LogP contribution in [0.25, 0.3) is 0 Å². The normalized spacial score (nSPS) is 14.2. The molecule has 0 bridgehead atoms. The zero-order chi connectivity index (χ0) is 26.5. The first-order chi connectivity index (χ1) is 17.2. The van der Waals surface area contributed by atoms with E-state index in [1.807, 2.05) is 6.26 Å². The number of benzene rings is 1. The van der Waals surface area contributed by atoms with E-state index in [1.54, 1.807) is 30.3 Å². The summed E-state index contributed by atoms with van der Waals surface area (Å²) in [4.78, 5) is 57.1. The molecular formula is C23H32N6O6S. The number of hydrogen-bond acceptors (Lipinski definition) is 8. The van der Waals surface area contributed by atoms with Gasteiger partial charge in [-0.3, -0.25) is 14.4 Å². The summed E-state index contributed by atoms with van der Waals surface area (Å²) in [5, 5.41) is 26.3. The second kappa shape index (κ2) is 14.9. The van der Waals surface area contributed by atoms with E-state index in [2.05, 4.69) is 25.9 Å². The molecule has 0 radical (unpaired) electrons. The number of thioether (sulfide) groups is 1. The third-order valence-electron chi connectivity index (χ3n) is 5.29. The highest BCUT2D eigenvalue weighted by molar-refractivity contribution is 7.98. The number of aliphatic carboxylic acids is 1. The first-order valence-corrected chi connectivity index (χ1v) is 12.6. The first-order valence-electron chi connectivity index (χ1n) is 11.3. The van der Waals surface area contributed by atoms with E-state index in [0.717, 1.165) is 5.56 Å². The summed E-state index contributed by atoms with van der Waals surface area (Å²) >= 11 is 1.45. The molecule has 0 aliphatic heterocycles. The SMILES string of the molecule is CSCCC(NC(=O)C(Cc1ccccc1)NC(=O)C(Cc1cnc[nH]1)NC(=O)C(N)CO)C(=O)O. The van der Waals surface area contributed by atoms with Crippen molar-refractivity contribution in [3.05, 3.63) is 54.1 Å². The number of carbonyl (C=O) groups is 4. The molecule has 12 nitrogen and oxygen atoms in total. The van der Waals surface area contributed by atoms with E-state index in [9.17, 15) is 29.4 Å². The van der Waals surface area contributed by atoms with Gasteiger partial charge in [-0.2, -0.15) is 11.8 Å². The Labute approximate surface area is 212 Å². The van der Waals surface area contributed by atoms with Crippen molar-refractivity contribution in [2.75, 3.05) is 18.6 Å². The van der Waals surface area contributed by atoms with Gasteiger partial charge in [0.15, 0.2) is 0 Å². The van der Waals surface area contributed by atoms with Crippen LogP contribution in [-0.2, 0) is 32.0 Å². The summed E-state index contributed by atoms with van der Waals surface area (Å²) in [6, 6.07) is 4.29. The van der Waals surface area contributed by atoms with Gasteiger partial charge in [-0.15, -0.1) is 0 Å². The molecule has 1 aromatic carbocycles. The number of carbonyl (C=O) groups excluding carboxylic acids is 3. The lowest BCUT2D eigenvalue weighted by Gasteiger charge is -2.25. The van der Waals surface area contributed by atoms with Crippen LogP contribution in [-0.4, -0.2) is 86.7 Å². The number of hydrogen-bond donors (Lipinski definition) is 7. The topological polar surface area (TPSA) is 200 Å². The van der Waals surface area contributed by atoms with E-state index >= 15 is 0 Å². The van der Waals surface area contributed by atoms with Crippen molar-refractivity contribution >= 4 is 35.5 Å². The number of aromatic amines is 1. The maximum atomic E-state index is 13.2. The maximum absolute atomic E-state index is 13.2. The highest BCUT2D eigenvalue weighted by Gasteiger charge is 2.30. The average Bonchev–Trinajstić information content (AvgIpc) is 3.38. The summed E-state index contributed by atoms with van der Waals surface area (Å²) in [5.41, 5.74) is 6.86. The molecule has 4 unspecified atom stereocenters. The van der Waals surface area contributed by atoms with Crippen LogP contribution in [0.5, 0.6) is 0 Å². The molecule has 13 heteroatoms. The van der Waals surface area contributed by atoms with Crippen LogP contribution in [0.3, 0.4) is 0 Å². The van der Waals surface area contributed by atoms with Gasteiger partial charge < -0.3 is 36.9 Å². The Morgan fingerprint density at radius 1 is 1.00 bits per heavy atom. The third-order valence-corrected chi connectivity index (χ3v) is 5.93. The molecule has 8 N–H and O–H groups in total. The van der Waals surface area contributed by atoms with Gasteiger partial charge in [0.1, 0.15) is 24.2 Å². The molecule has 0 aliphatic carbocycles. The molecule has 0 aliphatic rings. The fourth-order valence-corrected chi connectivity index (χ4v) is 3.76. The third kappa shape index (κ3) is 9.32. The fraction of sp³-hybridized carbons (Fsp3) is 0.435. The number of imidazole rings is 1. The molecular weight excluding hydrogens is 488 g/mol. The quantitative estimate of drug-likeness (QED) is 0.151. The standard InChI is InChI=1S/C23H32N6O6S/c1-36-8-7-17(23(34)35)27-21(32)18(9-14-5-3-2-4-6-14)29-22(33)19(10-15-11-25-13-26-15)28-20(31)16(24)12-30/h2-6,11,13,16-19,30H,7-10,12,24H2,1H3,(H,25,26)(H,27,32)(H,28,31)(H,29,33)(H,34,35). The smallest absolute Gasteiger partial charge is 0.326 e. The lowest BCUT2D eigenvalue weighted by Crippen LogP contribution is -2.58. The minimum absolute atomic E-state index is 0.0148. The number of amides is 3. The molecule has 0 spiro atoms. The second-order valence-electron chi connectivity index (χ2n) is 8.06. The van der Waals surface area contributed by atoms with Crippen LogP contribution in [0.1, 0.15) is 17.7 Å². The predicted octanol–water partition coefficient (Wildman–Crippen LogP) is -1.19. The van der Waals surface area contributed by atoms with E-state index in [0.29, 0.717) is 11.4 Å². The van der Waals surface area contributed by atoms with E-state index < -0.39 is 54.5 Å². The maximum Gasteiger partial charge on any atom is 0.326 e. The van der Waals surface area contributed by atoms with Crippen molar-refractivity contribution in [2.24, 2.45) is 5.73 Å². The Morgan fingerprint density at radius 3 is 2.17 bits per heavy atom. The van der Waals surface area contributed by atoms with Gasteiger partial charge in [0.2, 0.25) is 17.7 Å². The van der Waals surface area contributed by atoms with Gasteiger partial charge in [-0.25, -0.2) is 9.78 Å². The van der Waals surface area contributed by atoms with Crippen LogP contribution in [0, 0.1) is 0 Å². The van der Waals surface area contributed by atoms with Crippen molar-refractivity contribution in [1.29, 1.82) is 0 Å². The van der Waals surface area contributed by atoms with E-state index in [4.69, 9.17) is 5.73 Å². The minimum Gasteiger partial charge on any atom is -0.480 e. The van der Waals surface area contributed by atoms with E-state index in [-0.39, 0.29) is 19.3 Å². The predicted molar refractivity (Wildman–Crippen MR) is 134 cm³/mol. The number of aromatic nitrogens is 2. The Hall–Kier alpha value is -3.42. The number of aliphatic hydroxyl groups is 1. The molecule has 3 amide bonds. The molecule has 0 saturated carbocycles. The minimum atomic E-state index is -1.24. The van der Waals surface area contributed by atoms with Crippen LogP contribution < -0.4 is 21.7 Å². The molecule has 2 rings (SSSR count). The number of rotatable bonds is 15. The molecule has 0 fully saturated rings. The van der Waals surface area contributed by atoms with Gasteiger partial charge in [0.25, 0.3) is 0 Å². The Balaban J connectivity index is 2.24. The number of nitrogens with one attached hydrogen (secondary N) is 4. The average molecular weight is 521 g/mol. The molecule has 2 aromatic rings. The lowest BCUT2D eigenvalue weighted by molar-refractivity contribution is -0.142. The zero-order valence-corrected chi connectivity index (χ0v) is 20.7. The van der Waals surface area contributed by atoms with Crippen molar-refractivity contribution in [2.45, 2.75) is 43.4 Å². The summed E-state index contributed by atoms with van der Waals surface area (Å²) in [7, 11) is 0. The lowest BCUT2D eigenvalue weighted by atomic mass is 10.0. The monoisotopic (exact) mass is 520 g/mol. The second-order valence-corrected chi connectivity index (χ2v) is 9.05. The number of carboxylic acid groups (broad SMARTS) is 1. The summed E-state index contributed by atoms with van der Waals surface area (Å²) in [6.07, 6.45) is 5.05. The number of nitrogens with zero attached hydrogens (tertiary/aromatic N) is 1. The van der Waals surface area contributed by atoms with E-state index in [1.165, 1.54) is 24.3 Å². The number of nitrogens with two attached hydrogens (primary N) is 1. The molecule has 0 saturated heterocycles. The number of aliphatic hydroxyl groups excluding tert-OH is 1. The van der Waals surface area contributed by atoms with Crippen LogP contribution in [0.4, 0.5) is 0 Å². The van der Waals surface area contributed by atoms with Crippen molar-refractivity contribution in [3.8, 4) is 0 Å². The largest absolute Gasteiger partial charge is 0.480 e. The first kappa shape index (κ1) is 28.8. The molecule has 36 heavy (non-hydrogen) atoms. The van der Waals surface area contributed by atoms with Gasteiger partial charge in [-0.05, 0) is 24.0 Å². The Morgan fingerprint density at radius 2 is 1.61 bits per heavy atom. The van der Waals surface area contributed by atoms with Gasteiger partial charge in [-0.1, -0.05) is 30.3 Å². The molecule has 4 atom stereocenters. The molecule has 1 heterocycles. The van der Waals surface area contributed by atoms with Crippen LogP contribution in [0.2, 0.25) is 0 Å². The van der Waals surface area contributed by atoms with Gasteiger partial charge in [0, 0.05) is 24.7 Å². The van der Waals surface area contributed by atoms with Crippen molar-refractivity contribution < 1.29 is 29.4 Å². The fourth-order valence-electron chi connectivity index (χ4n) is 3.28. The van der Waals surface area contributed by atoms with Gasteiger partial charge in [0.05, 0.1) is 12.9 Å². The zero-order valence-electron chi connectivity index (χ0n) is 19.8. The number of carboxylic acids is 1. The Kier molecular flexibility index (Phi) is 11.9. The van der Waals surface area contributed by atoms with Crippen LogP contribution in [0.15, 0.2) is 42.9 Å². The molecule has 1 aromatic heterocycles. The van der Waals surface area contributed by atoms with Crippen molar-refractivity contribution in [3.63, 3.8) is 0 Å². The van der Waals surface area contributed by atoms with Crippen molar-refractivity contribution in [1.82, 2.24) is 25.9 Å². The summed E-state index contributed by atoms with van der Waals surface area (Å²) in [6.45, 7) is -0.615. The summed E-state index contributed by atoms with van der Waals surface area (Å²) < 4.78 is 0. The number of H-pyrrole nitrogens is 1. The molecule has 196 valence electrons. The highest BCUT2D eigenvalue weighted by atomic mass is 32.2. The summed E-state index contributed by atoms with van der Waals surface area (Å²) in [5.74, 6) is -2.75. The van der Waals surface area contributed by atoms with Gasteiger partial charge >= 0.3 is 5.97 Å². The van der Waals surface area contributed by atoms with Crippen LogP contribution >= 0.6 is 11.8 Å².